The monoisotopic (exact) mass is 382 g/mol. The van der Waals surface area contributed by atoms with Crippen LogP contribution in [0.25, 0.3) is 0 Å². The zero-order valence-electron chi connectivity index (χ0n) is 17.2. The van der Waals surface area contributed by atoms with Crippen LogP contribution in [-0.2, 0) is 24.5 Å². The number of carbonyl (C=O) groups is 1. The summed E-state index contributed by atoms with van der Waals surface area (Å²) in [6.45, 7) is 10.7. The fourth-order valence-electron chi connectivity index (χ4n) is 3.08. The van der Waals surface area contributed by atoms with Crippen LogP contribution >= 0.6 is 0 Å². The molecule has 1 N–H and O–H groups in total. The molecule has 0 fully saturated rings. The maximum atomic E-state index is 12.5. The number of hydrogen-bond acceptors (Lipinski definition) is 3. The third-order valence-electron chi connectivity index (χ3n) is 4.53. The molecule has 0 radical (unpaired) electrons. The summed E-state index contributed by atoms with van der Waals surface area (Å²) in [5, 5.41) is 3.03. The Morgan fingerprint density at radius 3 is 2.50 bits per heavy atom. The average Bonchev–Trinajstić information content (AvgIpc) is 2.84. The molecule has 5 heteroatoms. The van der Waals surface area contributed by atoms with Gasteiger partial charge in [-0.05, 0) is 51.0 Å². The molecule has 0 atom stereocenters. The van der Waals surface area contributed by atoms with Crippen molar-refractivity contribution in [2.75, 3.05) is 13.2 Å². The van der Waals surface area contributed by atoms with Gasteiger partial charge in [0.15, 0.2) is 0 Å². The van der Waals surface area contributed by atoms with E-state index < -0.39 is 0 Å². The van der Waals surface area contributed by atoms with Crippen molar-refractivity contribution in [2.24, 2.45) is 0 Å². The normalized spacial score (nSPS) is 14.1. The molecule has 1 aliphatic rings. The van der Waals surface area contributed by atoms with Gasteiger partial charge in [-0.1, -0.05) is 35.9 Å². The largest absolute Gasteiger partial charge is 0.491 e. The molecule has 1 heterocycles. The molecule has 0 bridgehead atoms. The molecular weight excluding hydrogens is 352 g/mol. The third kappa shape index (κ3) is 5.73. The number of amides is 2. The Morgan fingerprint density at radius 1 is 1.11 bits per heavy atom. The predicted molar refractivity (Wildman–Crippen MR) is 110 cm³/mol. The highest BCUT2D eigenvalue weighted by Gasteiger charge is 2.23. The lowest BCUT2D eigenvalue weighted by Crippen LogP contribution is -2.48. The number of urea groups is 1. The Morgan fingerprint density at radius 2 is 1.79 bits per heavy atom. The molecule has 0 saturated heterocycles. The second-order valence-corrected chi connectivity index (χ2v) is 8.37. The Balaban J connectivity index is 1.62. The first-order valence-corrected chi connectivity index (χ1v) is 9.75. The first-order valence-electron chi connectivity index (χ1n) is 9.75. The molecule has 0 aromatic heterocycles. The molecule has 2 aromatic rings. The van der Waals surface area contributed by atoms with Crippen molar-refractivity contribution >= 4 is 6.03 Å². The summed E-state index contributed by atoms with van der Waals surface area (Å²) in [6, 6.07) is 14.4. The molecule has 2 aromatic carbocycles. The van der Waals surface area contributed by atoms with E-state index in [4.69, 9.17) is 9.47 Å². The van der Waals surface area contributed by atoms with E-state index in [1.165, 1.54) is 5.56 Å². The van der Waals surface area contributed by atoms with Gasteiger partial charge >= 0.3 is 6.03 Å². The number of hydrogen-bond donors (Lipinski definition) is 1. The molecule has 1 aliphatic heterocycles. The van der Waals surface area contributed by atoms with Crippen LogP contribution in [0.4, 0.5) is 4.79 Å². The molecular formula is C23H30N2O3. The maximum absolute atomic E-state index is 12.5. The molecule has 150 valence electrons. The Kier molecular flexibility index (Phi) is 6.25. The van der Waals surface area contributed by atoms with E-state index in [1.54, 1.807) is 4.90 Å². The van der Waals surface area contributed by atoms with Crippen molar-refractivity contribution in [1.29, 1.82) is 0 Å². The van der Waals surface area contributed by atoms with Crippen LogP contribution in [0.2, 0.25) is 0 Å². The van der Waals surface area contributed by atoms with Gasteiger partial charge < -0.3 is 19.7 Å². The minimum Gasteiger partial charge on any atom is -0.491 e. The van der Waals surface area contributed by atoms with Gasteiger partial charge in [0.1, 0.15) is 12.4 Å². The predicted octanol–water partition coefficient (Wildman–Crippen LogP) is 4.41. The number of nitrogens with one attached hydrogen (secondary N) is 1. The minimum absolute atomic E-state index is 0.0648. The zero-order valence-corrected chi connectivity index (χ0v) is 17.2. The lowest BCUT2D eigenvalue weighted by molar-refractivity contribution is 0.107. The van der Waals surface area contributed by atoms with Crippen LogP contribution in [0.5, 0.6) is 5.75 Å². The summed E-state index contributed by atoms with van der Waals surface area (Å²) >= 11 is 0. The Hall–Kier alpha value is -2.53. The van der Waals surface area contributed by atoms with E-state index in [0.717, 1.165) is 22.4 Å². The van der Waals surface area contributed by atoms with Gasteiger partial charge in [0.25, 0.3) is 0 Å². The van der Waals surface area contributed by atoms with Crippen molar-refractivity contribution in [3.05, 3.63) is 64.7 Å². The first-order chi connectivity index (χ1) is 13.3. The summed E-state index contributed by atoms with van der Waals surface area (Å²) in [4.78, 5) is 14.3. The SMILES string of the molecule is Cc1ccc(COCc2ccc3c(c2)CN(C(=O)NC(C)(C)C)CCO3)cc1. The zero-order chi connectivity index (χ0) is 20.1. The summed E-state index contributed by atoms with van der Waals surface area (Å²) in [5.41, 5.74) is 4.23. The summed E-state index contributed by atoms with van der Waals surface area (Å²) in [7, 11) is 0. The van der Waals surface area contributed by atoms with Crippen LogP contribution in [0.1, 0.15) is 43.0 Å². The standard InChI is InChI=1S/C23H30N2O3/c1-17-5-7-18(8-6-17)15-27-16-19-9-10-21-20(13-19)14-25(11-12-28-21)22(26)24-23(2,3)4/h5-10,13H,11-12,14-16H2,1-4H3,(H,24,26). The van der Waals surface area contributed by atoms with Gasteiger partial charge in [-0.25, -0.2) is 4.79 Å². The van der Waals surface area contributed by atoms with E-state index in [0.29, 0.717) is 32.9 Å². The lowest BCUT2D eigenvalue weighted by Gasteiger charge is -2.27. The van der Waals surface area contributed by atoms with Crippen molar-refractivity contribution in [1.82, 2.24) is 10.2 Å². The van der Waals surface area contributed by atoms with E-state index in [2.05, 4.69) is 42.6 Å². The van der Waals surface area contributed by atoms with E-state index >= 15 is 0 Å². The van der Waals surface area contributed by atoms with Gasteiger partial charge in [0.2, 0.25) is 0 Å². The number of fused-ring (bicyclic) bond motifs is 1. The highest BCUT2D eigenvalue weighted by atomic mass is 16.5. The van der Waals surface area contributed by atoms with E-state index in [1.807, 2.05) is 32.9 Å². The molecule has 3 rings (SSSR count). The number of aryl methyl sites for hydroxylation is 1. The number of nitrogens with zero attached hydrogens (tertiary/aromatic N) is 1. The second kappa shape index (κ2) is 8.65. The van der Waals surface area contributed by atoms with E-state index in [9.17, 15) is 4.79 Å². The topological polar surface area (TPSA) is 50.8 Å². The molecule has 28 heavy (non-hydrogen) atoms. The molecule has 2 amide bonds. The van der Waals surface area contributed by atoms with Crippen LogP contribution in [-0.4, -0.2) is 29.6 Å². The second-order valence-electron chi connectivity index (χ2n) is 8.37. The van der Waals surface area contributed by atoms with Crippen LogP contribution in [0.15, 0.2) is 42.5 Å². The Labute approximate surface area is 167 Å². The fourth-order valence-corrected chi connectivity index (χ4v) is 3.08. The van der Waals surface area contributed by atoms with Crippen LogP contribution in [0, 0.1) is 6.92 Å². The highest BCUT2D eigenvalue weighted by Crippen LogP contribution is 2.25. The van der Waals surface area contributed by atoms with Gasteiger partial charge in [-0.15, -0.1) is 0 Å². The van der Waals surface area contributed by atoms with Gasteiger partial charge in [-0.3, -0.25) is 0 Å². The summed E-state index contributed by atoms with van der Waals surface area (Å²) in [6.07, 6.45) is 0. The maximum Gasteiger partial charge on any atom is 0.318 e. The van der Waals surface area contributed by atoms with Crippen molar-refractivity contribution in [3.63, 3.8) is 0 Å². The van der Waals surface area contributed by atoms with Crippen molar-refractivity contribution < 1.29 is 14.3 Å². The van der Waals surface area contributed by atoms with Gasteiger partial charge in [-0.2, -0.15) is 0 Å². The van der Waals surface area contributed by atoms with E-state index in [-0.39, 0.29) is 11.6 Å². The number of benzene rings is 2. The van der Waals surface area contributed by atoms with Crippen molar-refractivity contribution in [3.8, 4) is 5.75 Å². The molecule has 0 saturated carbocycles. The molecule has 0 unspecified atom stereocenters. The Bertz CT molecular complexity index is 810. The summed E-state index contributed by atoms with van der Waals surface area (Å²) < 4.78 is 11.7. The number of rotatable bonds is 4. The number of carbonyl (C=O) groups excluding carboxylic acids is 1. The fraction of sp³-hybridized carbons (Fsp3) is 0.435. The molecule has 0 spiro atoms. The van der Waals surface area contributed by atoms with Crippen LogP contribution in [0.3, 0.4) is 0 Å². The average molecular weight is 383 g/mol. The lowest BCUT2D eigenvalue weighted by atomic mass is 10.1. The first kappa shape index (κ1) is 20.2. The quantitative estimate of drug-likeness (QED) is 0.852. The molecule has 5 nitrogen and oxygen atoms in total. The minimum atomic E-state index is -0.265. The molecule has 0 aliphatic carbocycles. The van der Waals surface area contributed by atoms with Gasteiger partial charge in [0, 0.05) is 11.1 Å². The van der Waals surface area contributed by atoms with Gasteiger partial charge in [0.05, 0.1) is 26.3 Å². The third-order valence-corrected chi connectivity index (χ3v) is 4.53. The summed E-state index contributed by atoms with van der Waals surface area (Å²) in [5.74, 6) is 0.841. The number of ether oxygens (including phenoxy) is 2. The highest BCUT2D eigenvalue weighted by molar-refractivity contribution is 5.75. The van der Waals surface area contributed by atoms with Crippen LogP contribution < -0.4 is 10.1 Å². The van der Waals surface area contributed by atoms with Crippen molar-refractivity contribution in [2.45, 2.75) is 53.0 Å². The smallest absolute Gasteiger partial charge is 0.318 e.